The number of ether oxygens (including phenoxy) is 1. The molecule has 1 heterocycles. The van der Waals surface area contributed by atoms with Gasteiger partial charge in [0.1, 0.15) is 0 Å². The summed E-state index contributed by atoms with van der Waals surface area (Å²) in [5.41, 5.74) is 0. The molecule has 0 spiro atoms. The fraction of sp³-hybridized carbons (Fsp3) is 0.929. The van der Waals surface area contributed by atoms with Gasteiger partial charge in [0.05, 0.1) is 25.4 Å². The van der Waals surface area contributed by atoms with Crippen molar-refractivity contribution in [3.8, 4) is 0 Å². The lowest BCUT2D eigenvalue weighted by Gasteiger charge is -2.30. The lowest BCUT2D eigenvalue weighted by atomic mass is 10.2. The third-order valence-corrected chi connectivity index (χ3v) is 3.72. The average molecular weight is 287 g/mol. The van der Waals surface area contributed by atoms with Gasteiger partial charge in [0.15, 0.2) is 0 Å². The van der Waals surface area contributed by atoms with Crippen LogP contribution in [0.3, 0.4) is 0 Å². The summed E-state index contributed by atoms with van der Waals surface area (Å²) in [7, 11) is 0. The van der Waals surface area contributed by atoms with Gasteiger partial charge in [-0.2, -0.15) is 0 Å². The van der Waals surface area contributed by atoms with E-state index in [0.717, 1.165) is 13.1 Å². The number of rotatable bonds is 8. The zero-order valence-corrected chi connectivity index (χ0v) is 13.0. The Bertz CT molecular complexity index is 279. The summed E-state index contributed by atoms with van der Waals surface area (Å²) in [5, 5.41) is 13.1. The van der Waals surface area contributed by atoms with Gasteiger partial charge in [-0.05, 0) is 20.0 Å². The number of aliphatic hydroxyl groups is 1. The zero-order chi connectivity index (χ0) is 15.0. The monoisotopic (exact) mass is 287 g/mol. The highest BCUT2D eigenvalue weighted by atomic mass is 16.5. The summed E-state index contributed by atoms with van der Waals surface area (Å²) >= 11 is 0. The third kappa shape index (κ3) is 5.75. The molecule has 1 aliphatic rings. The highest BCUT2D eigenvalue weighted by Gasteiger charge is 2.22. The number of carbonyl (C=O) groups excluding carboxylic acids is 1. The van der Waals surface area contributed by atoms with Crippen LogP contribution in [0.25, 0.3) is 0 Å². The first-order valence-corrected chi connectivity index (χ1v) is 7.58. The molecule has 1 saturated heterocycles. The van der Waals surface area contributed by atoms with Crippen molar-refractivity contribution in [3.63, 3.8) is 0 Å². The number of likely N-dealkylation sites (N-methyl/N-ethyl adjacent to an activating group) is 1. The van der Waals surface area contributed by atoms with Crippen molar-refractivity contribution in [2.45, 2.75) is 32.9 Å². The van der Waals surface area contributed by atoms with E-state index >= 15 is 0 Å². The van der Waals surface area contributed by atoms with Crippen LogP contribution in [0.1, 0.15) is 20.8 Å². The second-order valence-corrected chi connectivity index (χ2v) is 5.21. The SMILES string of the molecule is CCN(CC)CC(O)CNC(C)C(=O)N1CCOCC1. The molecule has 118 valence electrons. The molecule has 0 saturated carbocycles. The summed E-state index contributed by atoms with van der Waals surface area (Å²) in [6.45, 7) is 11.5. The number of morpholine rings is 1. The molecule has 1 rings (SSSR count). The van der Waals surface area contributed by atoms with Crippen molar-refractivity contribution >= 4 is 5.91 Å². The van der Waals surface area contributed by atoms with E-state index in [0.29, 0.717) is 39.4 Å². The van der Waals surface area contributed by atoms with E-state index in [-0.39, 0.29) is 11.9 Å². The number of nitrogens with one attached hydrogen (secondary N) is 1. The Morgan fingerprint density at radius 1 is 1.35 bits per heavy atom. The first kappa shape index (κ1) is 17.4. The van der Waals surface area contributed by atoms with Gasteiger partial charge in [-0.15, -0.1) is 0 Å². The van der Waals surface area contributed by atoms with Crippen molar-refractivity contribution < 1.29 is 14.6 Å². The van der Waals surface area contributed by atoms with Gasteiger partial charge in [0.2, 0.25) is 5.91 Å². The van der Waals surface area contributed by atoms with Gasteiger partial charge in [-0.3, -0.25) is 4.79 Å². The van der Waals surface area contributed by atoms with Crippen LogP contribution < -0.4 is 5.32 Å². The van der Waals surface area contributed by atoms with Gasteiger partial charge >= 0.3 is 0 Å². The Balaban J connectivity index is 2.27. The molecule has 0 bridgehead atoms. The summed E-state index contributed by atoms with van der Waals surface area (Å²) in [5.74, 6) is 0.0864. The molecular formula is C14H29N3O3. The van der Waals surface area contributed by atoms with Gasteiger partial charge < -0.3 is 25.0 Å². The molecule has 20 heavy (non-hydrogen) atoms. The zero-order valence-electron chi connectivity index (χ0n) is 13.0. The molecule has 0 aromatic rings. The molecule has 0 radical (unpaired) electrons. The summed E-state index contributed by atoms with van der Waals surface area (Å²) in [6.07, 6.45) is -0.449. The molecule has 6 nitrogen and oxygen atoms in total. The quantitative estimate of drug-likeness (QED) is 0.632. The maximum absolute atomic E-state index is 12.2. The lowest BCUT2D eigenvalue weighted by Crippen LogP contribution is -2.51. The van der Waals surface area contributed by atoms with Crippen LogP contribution in [0.15, 0.2) is 0 Å². The van der Waals surface area contributed by atoms with E-state index in [1.807, 2.05) is 11.8 Å². The van der Waals surface area contributed by atoms with E-state index in [1.165, 1.54) is 0 Å². The van der Waals surface area contributed by atoms with Crippen LogP contribution in [0.4, 0.5) is 0 Å². The average Bonchev–Trinajstić information content (AvgIpc) is 2.50. The van der Waals surface area contributed by atoms with Crippen molar-refractivity contribution in [3.05, 3.63) is 0 Å². The molecule has 1 aliphatic heterocycles. The topological polar surface area (TPSA) is 65.0 Å². The second-order valence-electron chi connectivity index (χ2n) is 5.21. The van der Waals surface area contributed by atoms with Crippen molar-refractivity contribution in [2.24, 2.45) is 0 Å². The number of hydrogen-bond donors (Lipinski definition) is 2. The van der Waals surface area contributed by atoms with E-state index in [1.54, 1.807) is 0 Å². The number of carbonyl (C=O) groups is 1. The Morgan fingerprint density at radius 3 is 2.50 bits per heavy atom. The lowest BCUT2D eigenvalue weighted by molar-refractivity contribution is -0.137. The Hall–Kier alpha value is -0.690. The van der Waals surface area contributed by atoms with Crippen molar-refractivity contribution in [2.75, 3.05) is 52.5 Å². The van der Waals surface area contributed by atoms with Crippen LogP contribution >= 0.6 is 0 Å². The maximum Gasteiger partial charge on any atom is 0.239 e. The Labute approximate surface area is 122 Å². The highest BCUT2D eigenvalue weighted by molar-refractivity contribution is 5.81. The molecule has 1 amide bonds. The van der Waals surface area contributed by atoms with Crippen LogP contribution in [0.2, 0.25) is 0 Å². The van der Waals surface area contributed by atoms with Crippen molar-refractivity contribution in [1.29, 1.82) is 0 Å². The van der Waals surface area contributed by atoms with Gasteiger partial charge in [0, 0.05) is 26.2 Å². The standard InChI is InChI=1S/C14H29N3O3/c1-4-16(5-2)11-13(18)10-15-12(3)14(19)17-6-8-20-9-7-17/h12-13,15,18H,4-11H2,1-3H3. The molecule has 6 heteroatoms. The maximum atomic E-state index is 12.2. The molecule has 1 fully saturated rings. The predicted molar refractivity (Wildman–Crippen MR) is 78.7 cm³/mol. The summed E-state index contributed by atoms with van der Waals surface area (Å²) in [4.78, 5) is 16.1. The minimum absolute atomic E-state index is 0.0864. The van der Waals surface area contributed by atoms with E-state index in [9.17, 15) is 9.90 Å². The Kier molecular flexibility index (Phi) is 8.06. The van der Waals surface area contributed by atoms with Gasteiger partial charge in [0.25, 0.3) is 0 Å². The second kappa shape index (κ2) is 9.28. The highest BCUT2D eigenvalue weighted by Crippen LogP contribution is 2.01. The molecule has 0 aromatic carbocycles. The Morgan fingerprint density at radius 2 is 1.95 bits per heavy atom. The summed E-state index contributed by atoms with van der Waals surface area (Å²) in [6, 6.07) is -0.264. The minimum atomic E-state index is -0.449. The molecule has 0 aliphatic carbocycles. The molecule has 2 unspecified atom stereocenters. The first-order valence-electron chi connectivity index (χ1n) is 7.58. The molecule has 0 aromatic heterocycles. The smallest absolute Gasteiger partial charge is 0.239 e. The minimum Gasteiger partial charge on any atom is -0.390 e. The van der Waals surface area contributed by atoms with Crippen LogP contribution in [0.5, 0.6) is 0 Å². The molecule has 2 N–H and O–H groups in total. The fourth-order valence-electron chi connectivity index (χ4n) is 2.30. The third-order valence-electron chi connectivity index (χ3n) is 3.72. The van der Waals surface area contributed by atoms with E-state index in [2.05, 4.69) is 24.1 Å². The number of nitrogens with zero attached hydrogens (tertiary/aromatic N) is 2. The van der Waals surface area contributed by atoms with E-state index < -0.39 is 6.10 Å². The largest absolute Gasteiger partial charge is 0.390 e. The van der Waals surface area contributed by atoms with E-state index in [4.69, 9.17) is 4.74 Å². The number of aliphatic hydroxyl groups excluding tert-OH is 1. The predicted octanol–water partition coefficient (Wildman–Crippen LogP) is -0.474. The summed E-state index contributed by atoms with van der Waals surface area (Å²) < 4.78 is 5.24. The van der Waals surface area contributed by atoms with Crippen LogP contribution in [-0.2, 0) is 9.53 Å². The van der Waals surface area contributed by atoms with Crippen LogP contribution in [-0.4, -0.2) is 85.4 Å². The fourth-order valence-corrected chi connectivity index (χ4v) is 2.30. The molecular weight excluding hydrogens is 258 g/mol. The van der Waals surface area contributed by atoms with Crippen LogP contribution in [0, 0.1) is 0 Å². The molecule has 2 atom stereocenters. The van der Waals surface area contributed by atoms with Crippen molar-refractivity contribution in [1.82, 2.24) is 15.1 Å². The normalized spacial score (nSPS) is 19.1. The number of hydrogen-bond acceptors (Lipinski definition) is 5. The number of amides is 1. The van der Waals surface area contributed by atoms with Gasteiger partial charge in [-0.1, -0.05) is 13.8 Å². The first-order chi connectivity index (χ1) is 9.58. The van der Waals surface area contributed by atoms with Gasteiger partial charge in [-0.25, -0.2) is 0 Å².